The average Bonchev–Trinajstić information content (AvgIpc) is 3.36. The number of carbonyl (C=O) groups excluding carboxylic acids is 1. The van der Waals surface area contributed by atoms with E-state index in [1.54, 1.807) is 12.3 Å². The Kier molecular flexibility index (Phi) is 3.64. The van der Waals surface area contributed by atoms with Gasteiger partial charge in [0.15, 0.2) is 0 Å². The number of hydrogen-bond donors (Lipinski definition) is 2. The Morgan fingerprint density at radius 2 is 2.20 bits per heavy atom. The van der Waals surface area contributed by atoms with Gasteiger partial charge in [0, 0.05) is 13.1 Å². The molecule has 0 spiro atoms. The van der Waals surface area contributed by atoms with Crippen molar-refractivity contribution in [2.45, 2.75) is 39.0 Å². The molecule has 0 unspecified atom stereocenters. The van der Waals surface area contributed by atoms with Crippen LogP contribution in [0.5, 0.6) is 0 Å². The summed E-state index contributed by atoms with van der Waals surface area (Å²) in [6.45, 7) is 3.88. The maximum atomic E-state index is 12.1. The number of aromatic nitrogens is 1. The number of rotatable bonds is 7. The van der Waals surface area contributed by atoms with E-state index in [1.807, 2.05) is 6.07 Å². The van der Waals surface area contributed by atoms with E-state index in [0.29, 0.717) is 11.1 Å². The van der Waals surface area contributed by atoms with Gasteiger partial charge in [0.25, 0.3) is 5.91 Å². The molecule has 1 amide bonds. The minimum Gasteiger partial charge on any atom is -0.384 e. The molecule has 1 heterocycles. The van der Waals surface area contributed by atoms with Crippen molar-refractivity contribution in [3.05, 3.63) is 24.0 Å². The van der Waals surface area contributed by atoms with Gasteiger partial charge in [-0.15, -0.1) is 0 Å². The molecule has 4 nitrogen and oxygen atoms in total. The standard InChI is InChI=1S/C16H23N3O/c1-2-9-17-13-5-6-14(18-10-13)15(20)19-11-16(7-8-16)12-3-4-12/h5-6,10,12,17H,2-4,7-9,11H2,1H3,(H,19,20). The molecule has 108 valence electrons. The summed E-state index contributed by atoms with van der Waals surface area (Å²) in [6, 6.07) is 3.72. The quantitative estimate of drug-likeness (QED) is 0.803. The van der Waals surface area contributed by atoms with E-state index in [2.05, 4.69) is 22.5 Å². The van der Waals surface area contributed by atoms with E-state index in [1.165, 1.54) is 25.7 Å². The van der Waals surface area contributed by atoms with Crippen LogP contribution in [-0.2, 0) is 0 Å². The molecule has 0 aliphatic heterocycles. The fourth-order valence-electron chi connectivity index (χ4n) is 2.83. The fraction of sp³-hybridized carbons (Fsp3) is 0.625. The zero-order chi connectivity index (χ0) is 14.0. The first kappa shape index (κ1) is 13.4. The molecule has 2 aliphatic carbocycles. The first-order chi connectivity index (χ1) is 9.73. The maximum Gasteiger partial charge on any atom is 0.269 e. The smallest absolute Gasteiger partial charge is 0.269 e. The van der Waals surface area contributed by atoms with Crippen molar-refractivity contribution in [3.63, 3.8) is 0 Å². The molecule has 1 aromatic heterocycles. The Bertz CT molecular complexity index is 475. The van der Waals surface area contributed by atoms with Crippen LogP contribution in [0.15, 0.2) is 18.3 Å². The van der Waals surface area contributed by atoms with Gasteiger partial charge < -0.3 is 10.6 Å². The molecule has 0 bridgehead atoms. The lowest BCUT2D eigenvalue weighted by Crippen LogP contribution is -2.31. The van der Waals surface area contributed by atoms with Gasteiger partial charge in [0.05, 0.1) is 11.9 Å². The van der Waals surface area contributed by atoms with E-state index < -0.39 is 0 Å². The Balaban J connectivity index is 1.51. The SMILES string of the molecule is CCCNc1ccc(C(=O)NCC2(C3CC3)CC2)nc1. The second-order valence-corrected chi connectivity index (χ2v) is 6.18. The number of pyridine rings is 1. The van der Waals surface area contributed by atoms with Crippen molar-refractivity contribution in [3.8, 4) is 0 Å². The normalized spacial score (nSPS) is 19.4. The molecule has 0 saturated heterocycles. The van der Waals surface area contributed by atoms with Gasteiger partial charge in [-0.3, -0.25) is 4.79 Å². The summed E-state index contributed by atoms with van der Waals surface area (Å²) in [6.07, 6.45) is 8.08. The highest BCUT2D eigenvalue weighted by atomic mass is 16.1. The van der Waals surface area contributed by atoms with Crippen molar-refractivity contribution < 1.29 is 4.79 Å². The third-order valence-electron chi connectivity index (χ3n) is 4.51. The molecule has 0 aromatic carbocycles. The molecule has 2 fully saturated rings. The minimum absolute atomic E-state index is 0.0426. The molecule has 20 heavy (non-hydrogen) atoms. The van der Waals surface area contributed by atoms with Gasteiger partial charge in [0.1, 0.15) is 5.69 Å². The van der Waals surface area contributed by atoms with Crippen LogP contribution >= 0.6 is 0 Å². The molecule has 0 atom stereocenters. The summed E-state index contributed by atoms with van der Waals surface area (Å²) >= 11 is 0. The van der Waals surface area contributed by atoms with Crippen LogP contribution in [0.25, 0.3) is 0 Å². The molecule has 3 rings (SSSR count). The van der Waals surface area contributed by atoms with Gasteiger partial charge in [-0.2, -0.15) is 0 Å². The molecular weight excluding hydrogens is 250 g/mol. The van der Waals surface area contributed by atoms with E-state index >= 15 is 0 Å². The summed E-state index contributed by atoms with van der Waals surface area (Å²) < 4.78 is 0. The Labute approximate surface area is 120 Å². The lowest BCUT2D eigenvalue weighted by Gasteiger charge is -2.14. The van der Waals surface area contributed by atoms with Crippen molar-refractivity contribution in [2.75, 3.05) is 18.4 Å². The topological polar surface area (TPSA) is 54.0 Å². The van der Waals surface area contributed by atoms with Crippen LogP contribution in [0.2, 0.25) is 0 Å². The van der Waals surface area contributed by atoms with E-state index in [9.17, 15) is 4.79 Å². The highest BCUT2D eigenvalue weighted by molar-refractivity contribution is 5.92. The monoisotopic (exact) mass is 273 g/mol. The molecule has 4 heteroatoms. The van der Waals surface area contributed by atoms with E-state index in [0.717, 1.165) is 31.1 Å². The number of amides is 1. The first-order valence-electron chi connectivity index (χ1n) is 7.72. The van der Waals surface area contributed by atoms with Crippen molar-refractivity contribution in [2.24, 2.45) is 11.3 Å². The highest BCUT2D eigenvalue weighted by Crippen LogP contribution is 2.60. The summed E-state index contributed by atoms with van der Waals surface area (Å²) in [5.74, 6) is 0.829. The molecule has 2 saturated carbocycles. The van der Waals surface area contributed by atoms with Gasteiger partial charge in [-0.1, -0.05) is 6.92 Å². The van der Waals surface area contributed by atoms with Gasteiger partial charge in [-0.25, -0.2) is 4.98 Å². The number of hydrogen-bond acceptors (Lipinski definition) is 3. The van der Waals surface area contributed by atoms with E-state index in [-0.39, 0.29) is 5.91 Å². The van der Waals surface area contributed by atoms with Crippen molar-refractivity contribution in [1.82, 2.24) is 10.3 Å². The number of nitrogens with one attached hydrogen (secondary N) is 2. The van der Waals surface area contributed by atoms with Crippen LogP contribution in [0.1, 0.15) is 49.5 Å². The predicted octanol–water partition coefficient (Wildman–Crippen LogP) is 2.82. The van der Waals surface area contributed by atoms with Crippen LogP contribution in [0.4, 0.5) is 5.69 Å². The maximum absolute atomic E-state index is 12.1. The predicted molar refractivity (Wildman–Crippen MR) is 79.7 cm³/mol. The average molecular weight is 273 g/mol. The Hall–Kier alpha value is -1.58. The third kappa shape index (κ3) is 2.94. The minimum atomic E-state index is -0.0426. The molecule has 2 N–H and O–H groups in total. The van der Waals surface area contributed by atoms with Crippen LogP contribution in [0.3, 0.4) is 0 Å². The van der Waals surface area contributed by atoms with E-state index in [4.69, 9.17) is 0 Å². The molecule has 1 aromatic rings. The number of anilines is 1. The van der Waals surface area contributed by atoms with Gasteiger partial charge >= 0.3 is 0 Å². The summed E-state index contributed by atoms with van der Waals surface area (Å²) in [7, 11) is 0. The van der Waals surface area contributed by atoms with Crippen LogP contribution in [0, 0.1) is 11.3 Å². The van der Waals surface area contributed by atoms with Gasteiger partial charge in [-0.05, 0) is 55.6 Å². The van der Waals surface area contributed by atoms with Crippen molar-refractivity contribution >= 4 is 11.6 Å². The molecule has 0 radical (unpaired) electrons. The Morgan fingerprint density at radius 1 is 1.40 bits per heavy atom. The molecule has 2 aliphatic rings. The lowest BCUT2D eigenvalue weighted by atomic mass is 10.0. The fourth-order valence-corrected chi connectivity index (χ4v) is 2.83. The second-order valence-electron chi connectivity index (χ2n) is 6.18. The highest BCUT2D eigenvalue weighted by Gasteiger charge is 2.53. The summed E-state index contributed by atoms with van der Waals surface area (Å²) in [5.41, 5.74) is 1.93. The van der Waals surface area contributed by atoms with Crippen LogP contribution < -0.4 is 10.6 Å². The Morgan fingerprint density at radius 3 is 2.75 bits per heavy atom. The van der Waals surface area contributed by atoms with Crippen molar-refractivity contribution in [1.29, 1.82) is 0 Å². The largest absolute Gasteiger partial charge is 0.384 e. The summed E-state index contributed by atoms with van der Waals surface area (Å²) in [4.78, 5) is 16.3. The first-order valence-corrected chi connectivity index (χ1v) is 7.72. The zero-order valence-electron chi connectivity index (χ0n) is 12.1. The third-order valence-corrected chi connectivity index (χ3v) is 4.51. The summed E-state index contributed by atoms with van der Waals surface area (Å²) in [5, 5.41) is 6.32. The number of nitrogens with zero attached hydrogens (tertiary/aromatic N) is 1. The number of carbonyl (C=O) groups is 1. The second kappa shape index (κ2) is 5.43. The lowest BCUT2D eigenvalue weighted by molar-refractivity contribution is 0.0937. The zero-order valence-corrected chi connectivity index (χ0v) is 12.1. The van der Waals surface area contributed by atoms with Crippen LogP contribution in [-0.4, -0.2) is 24.0 Å². The molecular formula is C16H23N3O. The van der Waals surface area contributed by atoms with Gasteiger partial charge in [0.2, 0.25) is 0 Å².